The number of carbonyl (C=O) groups is 1. The molecular formula is C25H29N3O5S2. The Kier molecular flexibility index (Phi) is 8.76. The van der Waals surface area contributed by atoms with Gasteiger partial charge in [0.1, 0.15) is 0 Å². The van der Waals surface area contributed by atoms with E-state index in [9.17, 15) is 23.3 Å². The van der Waals surface area contributed by atoms with Gasteiger partial charge in [-0.25, -0.2) is 8.42 Å². The van der Waals surface area contributed by atoms with Crippen molar-refractivity contribution in [3.63, 3.8) is 0 Å². The first-order valence-electron chi connectivity index (χ1n) is 11.2. The average molecular weight is 516 g/mol. The highest BCUT2D eigenvalue weighted by Crippen LogP contribution is 2.24. The van der Waals surface area contributed by atoms with Gasteiger partial charge in [0.05, 0.1) is 22.9 Å². The molecule has 1 heterocycles. The second-order valence-corrected chi connectivity index (χ2v) is 11.2. The van der Waals surface area contributed by atoms with Gasteiger partial charge in [-0.05, 0) is 55.0 Å². The SMILES string of the molecule is CCC(C)N(CC(=O)N(Cc1ccccc1)Cc1sccc1C)S(=O)(=O)c1ccc([N+](=O)[O-])cc1. The number of rotatable bonds is 11. The van der Waals surface area contributed by atoms with Gasteiger partial charge in [-0.15, -0.1) is 11.3 Å². The van der Waals surface area contributed by atoms with Gasteiger partial charge in [0.2, 0.25) is 15.9 Å². The molecule has 35 heavy (non-hydrogen) atoms. The van der Waals surface area contributed by atoms with Crippen molar-refractivity contribution in [2.75, 3.05) is 6.54 Å². The molecule has 0 spiro atoms. The number of benzene rings is 2. The normalized spacial score (nSPS) is 12.5. The summed E-state index contributed by atoms with van der Waals surface area (Å²) in [6.45, 7) is 5.99. The maximum atomic E-state index is 13.6. The minimum atomic E-state index is -4.06. The number of thiophene rings is 1. The lowest BCUT2D eigenvalue weighted by Crippen LogP contribution is -2.46. The van der Waals surface area contributed by atoms with E-state index in [1.807, 2.05) is 55.6 Å². The van der Waals surface area contributed by atoms with E-state index >= 15 is 0 Å². The Morgan fingerprint density at radius 1 is 1.06 bits per heavy atom. The fourth-order valence-electron chi connectivity index (χ4n) is 3.57. The third kappa shape index (κ3) is 6.53. The van der Waals surface area contributed by atoms with E-state index in [1.54, 1.807) is 23.2 Å². The second kappa shape index (κ2) is 11.6. The van der Waals surface area contributed by atoms with Gasteiger partial charge in [0.15, 0.2) is 0 Å². The van der Waals surface area contributed by atoms with Crippen LogP contribution in [0.1, 0.15) is 36.3 Å². The summed E-state index contributed by atoms with van der Waals surface area (Å²) in [6.07, 6.45) is 0.502. The first kappa shape index (κ1) is 26.5. The maximum Gasteiger partial charge on any atom is 0.269 e. The number of nitro benzene ring substituents is 1. The Hall–Kier alpha value is -3.08. The van der Waals surface area contributed by atoms with Crippen molar-refractivity contribution >= 4 is 33.0 Å². The van der Waals surface area contributed by atoms with Crippen LogP contribution in [-0.2, 0) is 27.9 Å². The quantitative estimate of drug-likeness (QED) is 0.265. The third-order valence-electron chi connectivity index (χ3n) is 5.90. The molecule has 186 valence electrons. The topological polar surface area (TPSA) is 101 Å². The molecule has 0 fully saturated rings. The molecule has 1 atom stereocenters. The summed E-state index contributed by atoms with van der Waals surface area (Å²) in [4.78, 5) is 26.6. The van der Waals surface area contributed by atoms with E-state index in [2.05, 4.69) is 0 Å². The van der Waals surface area contributed by atoms with E-state index in [0.717, 1.165) is 28.1 Å². The number of sulfonamides is 1. The lowest BCUT2D eigenvalue weighted by molar-refractivity contribution is -0.384. The smallest absolute Gasteiger partial charge is 0.269 e. The Morgan fingerprint density at radius 3 is 2.26 bits per heavy atom. The largest absolute Gasteiger partial charge is 0.332 e. The summed E-state index contributed by atoms with van der Waals surface area (Å²) in [5, 5.41) is 12.9. The van der Waals surface area contributed by atoms with Gasteiger partial charge in [0, 0.05) is 29.6 Å². The van der Waals surface area contributed by atoms with Crippen LogP contribution in [0.25, 0.3) is 0 Å². The van der Waals surface area contributed by atoms with Crippen molar-refractivity contribution < 1.29 is 18.1 Å². The number of amides is 1. The van der Waals surface area contributed by atoms with Crippen LogP contribution in [0.2, 0.25) is 0 Å². The summed E-state index contributed by atoms with van der Waals surface area (Å²) < 4.78 is 28.2. The van der Waals surface area contributed by atoms with E-state index in [0.29, 0.717) is 19.5 Å². The maximum absolute atomic E-state index is 13.6. The highest BCUT2D eigenvalue weighted by atomic mass is 32.2. The molecule has 0 saturated carbocycles. The van der Waals surface area contributed by atoms with E-state index in [-0.39, 0.29) is 23.0 Å². The Balaban J connectivity index is 1.91. The molecule has 0 aliphatic rings. The van der Waals surface area contributed by atoms with Crippen LogP contribution in [0.5, 0.6) is 0 Å². The van der Waals surface area contributed by atoms with Crippen LogP contribution in [0, 0.1) is 17.0 Å². The first-order chi connectivity index (χ1) is 16.6. The molecule has 0 radical (unpaired) electrons. The summed E-state index contributed by atoms with van der Waals surface area (Å²) in [7, 11) is -4.06. The molecule has 8 nitrogen and oxygen atoms in total. The number of nitro groups is 1. The first-order valence-corrected chi connectivity index (χ1v) is 13.6. The van der Waals surface area contributed by atoms with Crippen molar-refractivity contribution in [2.45, 2.75) is 51.2 Å². The number of hydrogen-bond donors (Lipinski definition) is 0. The minimum absolute atomic E-state index is 0.0834. The molecule has 1 amide bonds. The van der Waals surface area contributed by atoms with Gasteiger partial charge >= 0.3 is 0 Å². The minimum Gasteiger partial charge on any atom is -0.332 e. The Labute approximate surface area is 210 Å². The molecule has 0 N–H and O–H groups in total. The fraction of sp³-hybridized carbons (Fsp3) is 0.320. The summed E-state index contributed by atoms with van der Waals surface area (Å²) in [5.41, 5.74) is 1.83. The summed E-state index contributed by atoms with van der Waals surface area (Å²) >= 11 is 1.56. The van der Waals surface area contributed by atoms with Crippen LogP contribution >= 0.6 is 11.3 Å². The Morgan fingerprint density at radius 2 is 1.71 bits per heavy atom. The zero-order chi connectivity index (χ0) is 25.6. The molecule has 10 heteroatoms. The molecule has 3 aromatic rings. The molecule has 0 bridgehead atoms. The van der Waals surface area contributed by atoms with E-state index in [4.69, 9.17) is 0 Å². The van der Waals surface area contributed by atoms with Gasteiger partial charge in [-0.1, -0.05) is 37.3 Å². The van der Waals surface area contributed by atoms with Gasteiger partial charge in [0.25, 0.3) is 5.69 Å². The Bertz CT molecular complexity index is 1260. The number of hydrogen-bond acceptors (Lipinski definition) is 6. The van der Waals surface area contributed by atoms with Crippen LogP contribution in [0.4, 0.5) is 5.69 Å². The van der Waals surface area contributed by atoms with Crippen molar-refractivity contribution in [1.29, 1.82) is 0 Å². The molecule has 0 saturated heterocycles. The van der Waals surface area contributed by atoms with Crippen molar-refractivity contribution in [1.82, 2.24) is 9.21 Å². The number of non-ortho nitro benzene ring substituents is 1. The predicted octanol–water partition coefficient (Wildman–Crippen LogP) is 4.98. The predicted molar refractivity (Wildman–Crippen MR) is 136 cm³/mol. The monoisotopic (exact) mass is 515 g/mol. The molecule has 3 rings (SSSR count). The number of aryl methyl sites for hydroxylation is 1. The second-order valence-electron chi connectivity index (χ2n) is 8.32. The van der Waals surface area contributed by atoms with Crippen LogP contribution in [0.15, 0.2) is 70.9 Å². The zero-order valence-electron chi connectivity index (χ0n) is 20.0. The van der Waals surface area contributed by atoms with Gasteiger partial charge in [-0.2, -0.15) is 4.31 Å². The van der Waals surface area contributed by atoms with Gasteiger partial charge < -0.3 is 4.90 Å². The molecule has 2 aromatic carbocycles. The van der Waals surface area contributed by atoms with Crippen molar-refractivity contribution in [2.24, 2.45) is 0 Å². The highest BCUT2D eigenvalue weighted by molar-refractivity contribution is 7.89. The average Bonchev–Trinajstić information content (AvgIpc) is 3.26. The molecule has 0 aliphatic heterocycles. The summed E-state index contributed by atoms with van der Waals surface area (Å²) in [6, 6.07) is 15.9. The molecule has 1 aromatic heterocycles. The molecule has 1 unspecified atom stereocenters. The zero-order valence-corrected chi connectivity index (χ0v) is 21.6. The van der Waals surface area contributed by atoms with Gasteiger partial charge in [-0.3, -0.25) is 14.9 Å². The van der Waals surface area contributed by atoms with Crippen LogP contribution < -0.4 is 0 Å². The van der Waals surface area contributed by atoms with Crippen LogP contribution in [0.3, 0.4) is 0 Å². The van der Waals surface area contributed by atoms with E-state index < -0.39 is 21.0 Å². The van der Waals surface area contributed by atoms with E-state index in [1.165, 1.54) is 16.4 Å². The van der Waals surface area contributed by atoms with Crippen molar-refractivity contribution in [3.05, 3.63) is 92.2 Å². The fourth-order valence-corrected chi connectivity index (χ4v) is 6.14. The summed E-state index contributed by atoms with van der Waals surface area (Å²) in [5.74, 6) is -0.313. The lowest BCUT2D eigenvalue weighted by atomic mass is 10.2. The third-order valence-corrected chi connectivity index (χ3v) is 8.88. The van der Waals surface area contributed by atoms with Crippen LogP contribution in [-0.4, -0.2) is 41.0 Å². The molecule has 0 aliphatic carbocycles. The molecular weight excluding hydrogens is 486 g/mol. The highest BCUT2D eigenvalue weighted by Gasteiger charge is 2.32. The lowest BCUT2D eigenvalue weighted by Gasteiger charge is -2.30. The number of carbonyl (C=O) groups excluding carboxylic acids is 1. The number of nitrogens with zero attached hydrogens (tertiary/aromatic N) is 3. The van der Waals surface area contributed by atoms with Crippen molar-refractivity contribution in [3.8, 4) is 0 Å². The standard InChI is InChI=1S/C25H29N3O5S2/c1-4-20(3)27(35(32,33)23-12-10-22(11-13-23)28(30)31)18-25(29)26(16-21-8-6-5-7-9-21)17-24-19(2)14-15-34-24/h5-15,20H,4,16-18H2,1-3H3.